The van der Waals surface area contributed by atoms with Gasteiger partial charge in [-0.25, -0.2) is 0 Å². The Morgan fingerprint density at radius 1 is 0.967 bits per heavy atom. The lowest BCUT2D eigenvalue weighted by Gasteiger charge is -2.17. The number of aryl methyl sites for hydroxylation is 1. The van der Waals surface area contributed by atoms with Gasteiger partial charge in [0.15, 0.2) is 0 Å². The SMILES string of the molecule is CCN(CC)CCCNC(=O)Cn1nc(C)c(-c2ccccc2)c1-c1ccccc1. The van der Waals surface area contributed by atoms with Gasteiger partial charge < -0.3 is 10.2 Å². The third-order valence-electron chi connectivity index (χ3n) is 5.40. The summed E-state index contributed by atoms with van der Waals surface area (Å²) in [4.78, 5) is 15.0. The minimum absolute atomic E-state index is 0.00570. The van der Waals surface area contributed by atoms with Gasteiger partial charge in [0.2, 0.25) is 5.91 Å². The highest BCUT2D eigenvalue weighted by Crippen LogP contribution is 2.34. The first kappa shape index (κ1) is 21.8. The molecule has 0 unspecified atom stereocenters. The number of nitrogens with one attached hydrogen (secondary N) is 1. The maximum Gasteiger partial charge on any atom is 0.241 e. The van der Waals surface area contributed by atoms with Gasteiger partial charge in [-0.05, 0) is 38.5 Å². The molecule has 0 aliphatic rings. The minimum atomic E-state index is -0.00570. The van der Waals surface area contributed by atoms with Crippen molar-refractivity contribution in [3.63, 3.8) is 0 Å². The van der Waals surface area contributed by atoms with Crippen LogP contribution in [0.1, 0.15) is 26.0 Å². The second-order valence-electron chi connectivity index (χ2n) is 7.43. The maximum absolute atomic E-state index is 12.7. The standard InChI is InChI=1S/C25H32N4O/c1-4-28(5-2)18-12-17-26-23(30)19-29-25(22-15-10-7-11-16-22)24(20(3)27-29)21-13-8-6-9-14-21/h6-11,13-16H,4-5,12,17-19H2,1-3H3,(H,26,30). The predicted octanol–water partition coefficient (Wildman–Crippen LogP) is 4.37. The topological polar surface area (TPSA) is 50.2 Å². The van der Waals surface area contributed by atoms with Gasteiger partial charge in [0.25, 0.3) is 0 Å². The zero-order valence-electron chi connectivity index (χ0n) is 18.3. The van der Waals surface area contributed by atoms with Crippen LogP contribution in [0, 0.1) is 6.92 Å². The quantitative estimate of drug-likeness (QED) is 0.511. The van der Waals surface area contributed by atoms with Crippen LogP contribution in [0.5, 0.6) is 0 Å². The number of benzene rings is 2. The van der Waals surface area contributed by atoms with Crippen LogP contribution in [0.15, 0.2) is 60.7 Å². The van der Waals surface area contributed by atoms with Crippen molar-refractivity contribution in [1.82, 2.24) is 20.0 Å². The fourth-order valence-electron chi connectivity index (χ4n) is 3.80. The maximum atomic E-state index is 12.7. The van der Waals surface area contributed by atoms with Crippen molar-refractivity contribution in [3.05, 3.63) is 66.4 Å². The van der Waals surface area contributed by atoms with E-state index in [2.05, 4.69) is 48.3 Å². The summed E-state index contributed by atoms with van der Waals surface area (Å²) in [6.07, 6.45) is 0.951. The lowest BCUT2D eigenvalue weighted by Crippen LogP contribution is -2.32. The van der Waals surface area contributed by atoms with Crippen LogP contribution in [0.25, 0.3) is 22.4 Å². The summed E-state index contributed by atoms with van der Waals surface area (Å²) in [6, 6.07) is 20.4. The molecule has 1 N–H and O–H groups in total. The first-order valence-electron chi connectivity index (χ1n) is 10.8. The van der Waals surface area contributed by atoms with Gasteiger partial charge in [-0.2, -0.15) is 5.10 Å². The number of rotatable bonds is 10. The second kappa shape index (κ2) is 10.7. The Bertz CT molecular complexity index is 931. The van der Waals surface area contributed by atoms with E-state index in [1.54, 1.807) is 0 Å². The van der Waals surface area contributed by atoms with E-state index < -0.39 is 0 Å². The fraction of sp³-hybridized carbons (Fsp3) is 0.360. The minimum Gasteiger partial charge on any atom is -0.354 e. The van der Waals surface area contributed by atoms with Crippen LogP contribution in [-0.2, 0) is 11.3 Å². The van der Waals surface area contributed by atoms with Gasteiger partial charge in [0.1, 0.15) is 6.54 Å². The third-order valence-corrected chi connectivity index (χ3v) is 5.40. The van der Waals surface area contributed by atoms with Gasteiger partial charge in [-0.15, -0.1) is 0 Å². The van der Waals surface area contributed by atoms with Crippen molar-refractivity contribution in [3.8, 4) is 22.4 Å². The highest BCUT2D eigenvalue weighted by Gasteiger charge is 2.19. The Kier molecular flexibility index (Phi) is 7.80. The van der Waals surface area contributed by atoms with E-state index in [9.17, 15) is 4.79 Å². The van der Waals surface area contributed by atoms with Crippen LogP contribution in [-0.4, -0.2) is 46.8 Å². The summed E-state index contributed by atoms with van der Waals surface area (Å²) in [5.74, 6) is -0.00570. The zero-order valence-corrected chi connectivity index (χ0v) is 18.3. The van der Waals surface area contributed by atoms with Gasteiger partial charge in [0, 0.05) is 17.7 Å². The molecule has 30 heavy (non-hydrogen) atoms. The molecule has 158 valence electrons. The van der Waals surface area contributed by atoms with Crippen LogP contribution in [0.3, 0.4) is 0 Å². The molecule has 1 amide bonds. The van der Waals surface area contributed by atoms with E-state index in [1.165, 1.54) is 0 Å². The highest BCUT2D eigenvalue weighted by molar-refractivity contribution is 5.84. The number of carbonyl (C=O) groups is 1. The van der Waals surface area contributed by atoms with Gasteiger partial charge in [0.05, 0.1) is 11.4 Å². The molecule has 5 heteroatoms. The zero-order chi connectivity index (χ0) is 21.3. The summed E-state index contributed by atoms with van der Waals surface area (Å²) in [5.41, 5.74) is 5.16. The molecule has 0 atom stereocenters. The molecule has 0 saturated carbocycles. The van der Waals surface area contributed by atoms with Crippen molar-refractivity contribution in [2.45, 2.75) is 33.7 Å². The summed E-state index contributed by atoms with van der Waals surface area (Å²) >= 11 is 0. The molecule has 0 radical (unpaired) electrons. The lowest BCUT2D eigenvalue weighted by molar-refractivity contribution is -0.121. The number of nitrogens with zero attached hydrogens (tertiary/aromatic N) is 3. The highest BCUT2D eigenvalue weighted by atomic mass is 16.2. The second-order valence-corrected chi connectivity index (χ2v) is 7.43. The van der Waals surface area contributed by atoms with Crippen molar-refractivity contribution in [2.75, 3.05) is 26.2 Å². The molecule has 0 aliphatic heterocycles. The first-order valence-corrected chi connectivity index (χ1v) is 10.8. The van der Waals surface area contributed by atoms with E-state index >= 15 is 0 Å². The largest absolute Gasteiger partial charge is 0.354 e. The first-order chi connectivity index (χ1) is 14.6. The number of aromatic nitrogens is 2. The molecule has 2 aromatic carbocycles. The van der Waals surface area contributed by atoms with Gasteiger partial charge >= 0.3 is 0 Å². The average Bonchev–Trinajstić information content (AvgIpc) is 3.10. The van der Waals surface area contributed by atoms with Gasteiger partial charge in [-0.1, -0.05) is 74.5 Å². The Morgan fingerprint density at radius 3 is 2.17 bits per heavy atom. The van der Waals surface area contributed by atoms with E-state index in [1.807, 2.05) is 48.0 Å². The van der Waals surface area contributed by atoms with E-state index in [-0.39, 0.29) is 12.5 Å². The smallest absolute Gasteiger partial charge is 0.241 e. The lowest BCUT2D eigenvalue weighted by atomic mass is 9.99. The van der Waals surface area contributed by atoms with Crippen molar-refractivity contribution in [2.24, 2.45) is 0 Å². The average molecular weight is 405 g/mol. The number of hydrogen-bond acceptors (Lipinski definition) is 3. The fourth-order valence-corrected chi connectivity index (χ4v) is 3.80. The van der Waals surface area contributed by atoms with E-state index in [0.29, 0.717) is 6.54 Å². The molecule has 0 aliphatic carbocycles. The molecule has 0 fully saturated rings. The Morgan fingerprint density at radius 2 is 1.57 bits per heavy atom. The van der Waals surface area contributed by atoms with Crippen LogP contribution >= 0.6 is 0 Å². The molecule has 1 heterocycles. The van der Waals surface area contributed by atoms with E-state index in [4.69, 9.17) is 5.10 Å². The van der Waals surface area contributed by atoms with Crippen LogP contribution in [0.4, 0.5) is 0 Å². The molecular formula is C25H32N4O. The Hall–Kier alpha value is -2.92. The molecule has 0 spiro atoms. The Labute approximate surface area is 179 Å². The normalized spacial score (nSPS) is 11.1. The van der Waals surface area contributed by atoms with Gasteiger partial charge in [-0.3, -0.25) is 9.48 Å². The Balaban J connectivity index is 1.79. The number of hydrogen-bond donors (Lipinski definition) is 1. The van der Waals surface area contributed by atoms with Crippen LogP contribution < -0.4 is 5.32 Å². The number of carbonyl (C=O) groups excluding carboxylic acids is 1. The summed E-state index contributed by atoms with van der Waals surface area (Å²) in [7, 11) is 0. The molecule has 1 aromatic heterocycles. The molecular weight excluding hydrogens is 372 g/mol. The summed E-state index contributed by atoms with van der Waals surface area (Å²) in [5, 5.41) is 7.79. The molecule has 0 saturated heterocycles. The molecule has 0 bridgehead atoms. The molecule has 3 rings (SSSR count). The summed E-state index contributed by atoms with van der Waals surface area (Å²) < 4.78 is 1.84. The van der Waals surface area contributed by atoms with Crippen molar-refractivity contribution < 1.29 is 4.79 Å². The van der Waals surface area contributed by atoms with Crippen molar-refractivity contribution in [1.29, 1.82) is 0 Å². The molecule has 5 nitrogen and oxygen atoms in total. The van der Waals surface area contributed by atoms with Crippen molar-refractivity contribution >= 4 is 5.91 Å². The third kappa shape index (κ3) is 5.36. The summed E-state index contributed by atoms with van der Waals surface area (Å²) in [6.45, 7) is 10.3. The predicted molar refractivity (Wildman–Crippen MR) is 123 cm³/mol. The van der Waals surface area contributed by atoms with E-state index in [0.717, 1.165) is 54.1 Å². The number of amides is 1. The monoisotopic (exact) mass is 404 g/mol. The molecule has 3 aromatic rings. The van der Waals surface area contributed by atoms with Crippen LogP contribution in [0.2, 0.25) is 0 Å².